The summed E-state index contributed by atoms with van der Waals surface area (Å²) in [5, 5.41) is 0. The molecule has 0 saturated carbocycles. The Morgan fingerprint density at radius 1 is 1.24 bits per heavy atom. The van der Waals surface area contributed by atoms with E-state index in [0.29, 0.717) is 5.75 Å². The summed E-state index contributed by atoms with van der Waals surface area (Å²) < 4.78 is 37.5. The van der Waals surface area contributed by atoms with Crippen LogP contribution in [0.4, 0.5) is 13.2 Å². The van der Waals surface area contributed by atoms with Gasteiger partial charge in [0.25, 0.3) is 0 Å². The summed E-state index contributed by atoms with van der Waals surface area (Å²) in [7, 11) is 0. The zero-order chi connectivity index (χ0) is 12.7. The van der Waals surface area contributed by atoms with E-state index in [1.54, 1.807) is 13.0 Å². The molecular formula is C13H13F3S. The van der Waals surface area contributed by atoms with Gasteiger partial charge in [-0.25, -0.2) is 0 Å². The minimum atomic E-state index is -4.26. The Labute approximate surface area is 103 Å². The predicted octanol–water partition coefficient (Wildman–Crippen LogP) is 4.90. The van der Waals surface area contributed by atoms with Crippen molar-refractivity contribution in [3.63, 3.8) is 0 Å². The average molecular weight is 258 g/mol. The Morgan fingerprint density at radius 2 is 1.88 bits per heavy atom. The van der Waals surface area contributed by atoms with Crippen LogP contribution in [0.1, 0.15) is 12.5 Å². The Hall–Kier alpha value is -1.16. The van der Waals surface area contributed by atoms with E-state index in [1.165, 1.54) is 6.08 Å². The summed E-state index contributed by atoms with van der Waals surface area (Å²) in [5.74, 6) is 0.407. The highest BCUT2D eigenvalue weighted by atomic mass is 32.2. The van der Waals surface area contributed by atoms with Gasteiger partial charge in [0.2, 0.25) is 0 Å². The summed E-state index contributed by atoms with van der Waals surface area (Å²) >= 11 is 0.803. The number of alkyl halides is 3. The largest absolute Gasteiger partial charge is 0.422 e. The first-order chi connectivity index (χ1) is 8.04. The van der Waals surface area contributed by atoms with E-state index in [9.17, 15) is 13.2 Å². The highest BCUT2D eigenvalue weighted by molar-refractivity contribution is 8.03. The topological polar surface area (TPSA) is 0 Å². The number of rotatable bonds is 4. The molecule has 0 unspecified atom stereocenters. The Bertz CT molecular complexity index is 391. The van der Waals surface area contributed by atoms with Crippen molar-refractivity contribution in [2.24, 2.45) is 0 Å². The Morgan fingerprint density at radius 3 is 2.41 bits per heavy atom. The summed E-state index contributed by atoms with van der Waals surface area (Å²) in [6, 6.07) is 9.22. The highest BCUT2D eigenvalue weighted by Crippen LogP contribution is 2.34. The molecule has 17 heavy (non-hydrogen) atoms. The molecule has 0 aliphatic heterocycles. The average Bonchev–Trinajstić information content (AvgIpc) is 2.28. The summed E-state index contributed by atoms with van der Waals surface area (Å²) in [6.07, 6.45) is -0.0638. The highest BCUT2D eigenvalue weighted by Gasteiger charge is 2.32. The maximum absolute atomic E-state index is 12.5. The third kappa shape index (κ3) is 5.13. The van der Waals surface area contributed by atoms with E-state index in [2.05, 4.69) is 0 Å². The number of hydrogen-bond donors (Lipinski definition) is 0. The lowest BCUT2D eigenvalue weighted by Crippen LogP contribution is -2.09. The first-order valence-corrected chi connectivity index (χ1v) is 6.16. The van der Waals surface area contributed by atoms with Gasteiger partial charge >= 0.3 is 6.18 Å². The quantitative estimate of drug-likeness (QED) is 0.692. The lowest BCUT2D eigenvalue weighted by molar-refractivity contribution is -0.0835. The van der Waals surface area contributed by atoms with Crippen LogP contribution in [-0.4, -0.2) is 11.9 Å². The van der Waals surface area contributed by atoms with E-state index in [4.69, 9.17) is 0 Å². The molecule has 92 valence electrons. The van der Waals surface area contributed by atoms with Crippen LogP contribution in [0.3, 0.4) is 0 Å². The van der Waals surface area contributed by atoms with Gasteiger partial charge in [0.05, 0.1) is 4.91 Å². The van der Waals surface area contributed by atoms with Gasteiger partial charge in [0.1, 0.15) is 0 Å². The zero-order valence-electron chi connectivity index (χ0n) is 9.37. The molecule has 0 bridgehead atoms. The minimum Gasteiger partial charge on any atom is -0.166 e. The molecule has 1 aromatic rings. The number of allylic oxidation sites excluding steroid dienone is 3. The van der Waals surface area contributed by atoms with Crippen molar-refractivity contribution in [3.05, 3.63) is 53.0 Å². The van der Waals surface area contributed by atoms with Crippen LogP contribution < -0.4 is 0 Å². The Balaban J connectivity index is 2.76. The predicted molar refractivity (Wildman–Crippen MR) is 67.7 cm³/mol. The second-order valence-corrected chi connectivity index (χ2v) is 4.54. The maximum Gasteiger partial charge on any atom is 0.422 e. The third-order valence-corrected chi connectivity index (χ3v) is 2.88. The van der Waals surface area contributed by atoms with Crippen molar-refractivity contribution in [1.29, 1.82) is 0 Å². The van der Waals surface area contributed by atoms with Crippen LogP contribution in [0.25, 0.3) is 6.08 Å². The molecule has 0 atom stereocenters. The molecule has 0 amide bonds. The fourth-order valence-corrected chi connectivity index (χ4v) is 1.84. The van der Waals surface area contributed by atoms with Crippen LogP contribution in [0.15, 0.2) is 47.4 Å². The van der Waals surface area contributed by atoms with E-state index >= 15 is 0 Å². The van der Waals surface area contributed by atoms with Crippen LogP contribution in [-0.2, 0) is 0 Å². The summed E-state index contributed by atoms with van der Waals surface area (Å²) in [4.78, 5) is -0.563. The molecule has 0 spiro atoms. The number of halogens is 3. The van der Waals surface area contributed by atoms with Gasteiger partial charge < -0.3 is 0 Å². The van der Waals surface area contributed by atoms with E-state index in [-0.39, 0.29) is 0 Å². The molecule has 0 aliphatic carbocycles. The second-order valence-electron chi connectivity index (χ2n) is 3.23. The van der Waals surface area contributed by atoms with E-state index in [1.807, 2.05) is 30.3 Å². The van der Waals surface area contributed by atoms with Crippen molar-refractivity contribution in [2.75, 3.05) is 5.75 Å². The van der Waals surface area contributed by atoms with Crippen molar-refractivity contribution in [1.82, 2.24) is 0 Å². The van der Waals surface area contributed by atoms with Crippen LogP contribution in [0.2, 0.25) is 0 Å². The number of hydrogen-bond acceptors (Lipinski definition) is 1. The molecule has 4 heteroatoms. The molecule has 0 aliphatic rings. The molecule has 0 radical (unpaired) electrons. The SMILES string of the molecule is CCS/C(=C\C=C\c1ccccc1)C(F)(F)F. The van der Waals surface area contributed by atoms with Gasteiger partial charge in [-0.3, -0.25) is 0 Å². The molecule has 1 aromatic carbocycles. The first kappa shape index (κ1) is 13.9. The zero-order valence-corrected chi connectivity index (χ0v) is 10.2. The smallest absolute Gasteiger partial charge is 0.166 e. The van der Waals surface area contributed by atoms with Crippen molar-refractivity contribution in [2.45, 2.75) is 13.1 Å². The standard InChI is InChI=1S/C13H13F3S/c1-2-17-12(13(14,15)16)10-6-9-11-7-4-3-5-8-11/h3-10H,2H2,1H3/b9-6+,12-10-. The van der Waals surface area contributed by atoms with E-state index in [0.717, 1.165) is 23.4 Å². The molecule has 0 aromatic heterocycles. The summed E-state index contributed by atoms with van der Waals surface area (Å²) in [5.41, 5.74) is 0.881. The monoisotopic (exact) mass is 258 g/mol. The first-order valence-electron chi connectivity index (χ1n) is 5.17. The fraction of sp³-hybridized carbons (Fsp3) is 0.231. The maximum atomic E-state index is 12.5. The van der Waals surface area contributed by atoms with Crippen molar-refractivity contribution >= 4 is 17.8 Å². The number of benzene rings is 1. The third-order valence-electron chi connectivity index (χ3n) is 1.92. The molecule has 0 heterocycles. The second kappa shape index (κ2) is 6.55. The molecule has 0 fully saturated rings. The fourth-order valence-electron chi connectivity index (χ4n) is 1.19. The molecule has 0 N–H and O–H groups in total. The molecule has 0 nitrogen and oxygen atoms in total. The molecule has 0 saturated heterocycles. The van der Waals surface area contributed by atoms with E-state index < -0.39 is 11.1 Å². The lowest BCUT2D eigenvalue weighted by atomic mass is 10.2. The van der Waals surface area contributed by atoms with Crippen LogP contribution >= 0.6 is 11.8 Å². The van der Waals surface area contributed by atoms with Crippen molar-refractivity contribution in [3.8, 4) is 0 Å². The van der Waals surface area contributed by atoms with Crippen LogP contribution in [0, 0.1) is 0 Å². The Kier molecular flexibility index (Phi) is 5.35. The van der Waals surface area contributed by atoms with Gasteiger partial charge in [-0.1, -0.05) is 49.4 Å². The van der Waals surface area contributed by atoms with Crippen molar-refractivity contribution < 1.29 is 13.2 Å². The van der Waals surface area contributed by atoms with Crippen LogP contribution in [0.5, 0.6) is 0 Å². The summed E-state index contributed by atoms with van der Waals surface area (Å²) in [6.45, 7) is 1.70. The van der Waals surface area contributed by atoms with Gasteiger partial charge in [-0.05, 0) is 17.4 Å². The minimum absolute atomic E-state index is 0.407. The number of thioether (sulfide) groups is 1. The van der Waals surface area contributed by atoms with Gasteiger partial charge in [-0.2, -0.15) is 13.2 Å². The normalized spacial score (nSPS) is 13.3. The van der Waals surface area contributed by atoms with Gasteiger partial charge in [0, 0.05) is 0 Å². The molecule has 1 rings (SSSR count). The van der Waals surface area contributed by atoms with Gasteiger partial charge in [0.15, 0.2) is 0 Å². The lowest BCUT2D eigenvalue weighted by Gasteiger charge is -2.08. The molecular weight excluding hydrogens is 245 g/mol. The van der Waals surface area contributed by atoms with Gasteiger partial charge in [-0.15, -0.1) is 11.8 Å².